The molecule has 0 aliphatic heterocycles. The summed E-state index contributed by atoms with van der Waals surface area (Å²) in [5.41, 5.74) is 0. The van der Waals surface area contributed by atoms with Crippen molar-refractivity contribution in [2.75, 3.05) is 0 Å². The molecule has 6 heteroatoms. The summed E-state index contributed by atoms with van der Waals surface area (Å²) >= 11 is 0. The molecule has 0 N–H and O–H groups in total. The number of hydrogen-bond donors (Lipinski definition) is 0. The third-order valence-corrected chi connectivity index (χ3v) is 0. The topological polar surface area (TPSA) is 0 Å². The number of rotatable bonds is 0. The maximum atomic E-state index is 0. The molecule has 0 saturated heterocycles. The third-order valence-electron chi connectivity index (χ3n) is 0. The van der Waals surface area contributed by atoms with Crippen LogP contribution in [0.15, 0.2) is 0 Å². The molecule has 0 nitrogen and oxygen atoms in total. The van der Waals surface area contributed by atoms with Gasteiger partial charge in [-0.2, -0.15) is 0 Å². The van der Waals surface area contributed by atoms with E-state index in [-0.39, 0.29) is 101 Å². The van der Waals surface area contributed by atoms with Crippen molar-refractivity contribution in [1.29, 1.82) is 0 Å². The normalized spacial score (nSPS) is 0. The summed E-state index contributed by atoms with van der Waals surface area (Å²) in [6, 6.07) is 0. The molecule has 0 radical (unpaired) electrons. The van der Waals surface area contributed by atoms with E-state index < -0.39 is 0 Å². The minimum atomic E-state index is 0. The molecule has 0 heterocycles. The van der Waals surface area contributed by atoms with Crippen molar-refractivity contribution in [3.63, 3.8) is 0 Å². The molecule has 0 unspecified atom stereocenters. The molecule has 0 aromatic carbocycles. The molecule has 0 aliphatic rings. The molecule has 0 rings (SSSR count). The smallest absolute Gasteiger partial charge is 0 e. The Labute approximate surface area is 99.4 Å². The Kier molecular flexibility index (Phi) is 500. The van der Waals surface area contributed by atoms with Crippen LogP contribution in [0.1, 0.15) is 0 Å². The second-order valence-corrected chi connectivity index (χ2v) is 0. The van der Waals surface area contributed by atoms with Crippen LogP contribution < -0.4 is 0 Å². The Morgan fingerprint density at radius 1 is 0.500 bits per heavy atom. The van der Waals surface area contributed by atoms with Gasteiger partial charge in [0.25, 0.3) is 0 Å². The van der Waals surface area contributed by atoms with Gasteiger partial charge in [0.15, 0.2) is 0 Å². The first-order valence-corrected chi connectivity index (χ1v) is 0. The first-order chi connectivity index (χ1) is 0. The summed E-state index contributed by atoms with van der Waals surface area (Å²) in [4.78, 5) is 0. The summed E-state index contributed by atoms with van der Waals surface area (Å²) in [5.74, 6) is 0. The van der Waals surface area contributed by atoms with Gasteiger partial charge in [0.05, 0.1) is 0 Å². The molecule has 0 spiro atoms. The van der Waals surface area contributed by atoms with E-state index in [4.69, 9.17) is 0 Å². The van der Waals surface area contributed by atoms with Gasteiger partial charge >= 0.3 is 29.6 Å². The summed E-state index contributed by atoms with van der Waals surface area (Å²) in [7, 11) is 0. The maximum Gasteiger partial charge on any atom is 0 e. The van der Waals surface area contributed by atoms with Gasteiger partial charge < -0.3 is 0 Å². The fourth-order valence-electron chi connectivity index (χ4n) is 0. The third kappa shape index (κ3) is 28.7. The zero-order chi connectivity index (χ0) is 0. The molecule has 0 amide bonds. The standard InChI is InChI=1S/4ClH.Na.Ti.H/h4*1H;;;. The predicted octanol–water partition coefficient (Wildman–Crippen LogP) is 1.04. The van der Waals surface area contributed by atoms with E-state index >= 15 is 0 Å². The van der Waals surface area contributed by atoms with Crippen LogP contribution in [-0.2, 0) is 21.7 Å². The molecule has 0 aromatic heterocycles. The van der Waals surface area contributed by atoms with Gasteiger partial charge in [-0.1, -0.05) is 0 Å². The van der Waals surface area contributed by atoms with Gasteiger partial charge in [-0.15, -0.1) is 49.6 Å². The Hall–Kier alpha value is 2.87. The summed E-state index contributed by atoms with van der Waals surface area (Å²) in [6.45, 7) is 0. The van der Waals surface area contributed by atoms with E-state index in [1.807, 2.05) is 0 Å². The molecule has 0 aliphatic carbocycles. The van der Waals surface area contributed by atoms with Crippen LogP contribution in [0, 0.1) is 0 Å². The first kappa shape index (κ1) is 66.6. The zero-order valence-corrected chi connectivity index (χ0v) is 6.96. The van der Waals surface area contributed by atoms with Crippen molar-refractivity contribution in [2.24, 2.45) is 0 Å². The number of halogens is 4. The van der Waals surface area contributed by atoms with Crippen molar-refractivity contribution < 1.29 is 21.7 Å². The minimum Gasteiger partial charge on any atom is 0 e. The zero-order valence-electron chi connectivity index (χ0n) is 2.13. The largest absolute Gasteiger partial charge is 0 e. The first-order valence-electron chi connectivity index (χ1n) is 0. The Morgan fingerprint density at radius 3 is 0.500 bits per heavy atom. The fraction of sp³-hybridized carbons (Fsp3) is 0. The van der Waals surface area contributed by atoms with Crippen LogP contribution in [-0.4, -0.2) is 29.6 Å². The predicted molar refractivity (Wildman–Crippen MR) is 36.1 cm³/mol. The molecule has 0 bridgehead atoms. The molecular weight excluding hydrogens is 213 g/mol. The monoisotopic (exact) mass is 216 g/mol. The van der Waals surface area contributed by atoms with Crippen LogP contribution in [0.5, 0.6) is 0 Å². The molecule has 6 heavy (non-hydrogen) atoms. The van der Waals surface area contributed by atoms with Gasteiger partial charge in [0.2, 0.25) is 0 Å². The molecule has 0 aromatic rings. The Morgan fingerprint density at radius 2 is 0.500 bits per heavy atom. The Balaban J connectivity index is 0. The second-order valence-electron chi connectivity index (χ2n) is 0. The quantitative estimate of drug-likeness (QED) is 0.532. The Bertz CT molecular complexity index is 7.51. The maximum absolute atomic E-state index is 0. The van der Waals surface area contributed by atoms with E-state index in [9.17, 15) is 0 Å². The van der Waals surface area contributed by atoms with E-state index in [1.165, 1.54) is 0 Å². The van der Waals surface area contributed by atoms with Crippen LogP contribution in [0.25, 0.3) is 0 Å². The SMILES string of the molecule is Cl.Cl.Cl.Cl.[NaH].[Ti]. The van der Waals surface area contributed by atoms with Gasteiger partial charge in [0.1, 0.15) is 0 Å². The minimum absolute atomic E-state index is 0. The van der Waals surface area contributed by atoms with Crippen LogP contribution in [0.3, 0.4) is 0 Å². The summed E-state index contributed by atoms with van der Waals surface area (Å²) in [5, 5.41) is 0. The van der Waals surface area contributed by atoms with Crippen LogP contribution in [0.2, 0.25) is 0 Å². The van der Waals surface area contributed by atoms with Crippen LogP contribution in [0.4, 0.5) is 0 Å². The van der Waals surface area contributed by atoms with E-state index in [1.54, 1.807) is 0 Å². The average molecular weight is 218 g/mol. The van der Waals surface area contributed by atoms with E-state index in [0.717, 1.165) is 0 Å². The molecule has 0 fully saturated rings. The summed E-state index contributed by atoms with van der Waals surface area (Å²) in [6.07, 6.45) is 0. The van der Waals surface area contributed by atoms with Gasteiger partial charge in [-0.25, -0.2) is 0 Å². The molecule has 0 atom stereocenters. The second kappa shape index (κ2) is 45.0. The van der Waals surface area contributed by atoms with Gasteiger partial charge in [-0.05, 0) is 0 Å². The summed E-state index contributed by atoms with van der Waals surface area (Å²) < 4.78 is 0. The van der Waals surface area contributed by atoms with Gasteiger partial charge in [0, 0.05) is 21.7 Å². The van der Waals surface area contributed by atoms with Crippen molar-refractivity contribution in [1.82, 2.24) is 0 Å². The van der Waals surface area contributed by atoms with Gasteiger partial charge in [-0.3, -0.25) is 0 Å². The van der Waals surface area contributed by atoms with Crippen molar-refractivity contribution in [2.45, 2.75) is 0 Å². The van der Waals surface area contributed by atoms with E-state index in [0.29, 0.717) is 0 Å². The average Bonchev–Trinajstić information content (AvgIpc) is 0. The molecule has 38 valence electrons. The van der Waals surface area contributed by atoms with Crippen LogP contribution >= 0.6 is 49.6 Å². The fourth-order valence-corrected chi connectivity index (χ4v) is 0. The molecule has 0 saturated carbocycles. The molecular formula is H5Cl4NaTi. The van der Waals surface area contributed by atoms with Crippen molar-refractivity contribution in [3.8, 4) is 0 Å². The van der Waals surface area contributed by atoms with E-state index in [2.05, 4.69) is 0 Å². The number of hydrogen-bond acceptors (Lipinski definition) is 0. The van der Waals surface area contributed by atoms with Crippen molar-refractivity contribution >= 4 is 79.2 Å². The van der Waals surface area contributed by atoms with Crippen molar-refractivity contribution in [3.05, 3.63) is 0 Å².